The molecule has 2 aromatic carbocycles. The van der Waals surface area contributed by atoms with Crippen molar-refractivity contribution in [2.45, 2.75) is 6.92 Å². The molecule has 132 valence electrons. The molecule has 0 aliphatic rings. The van der Waals surface area contributed by atoms with E-state index in [1.807, 2.05) is 43.5 Å². The molecular weight excluding hydrogens is 338 g/mol. The van der Waals surface area contributed by atoms with Gasteiger partial charge in [0.1, 0.15) is 5.82 Å². The first-order chi connectivity index (χ1) is 13.1. The summed E-state index contributed by atoms with van der Waals surface area (Å²) in [4.78, 5) is 24.8. The third kappa shape index (κ3) is 3.32. The number of amides is 1. The molecule has 1 amide bonds. The molecule has 6 heteroatoms. The second-order valence-electron chi connectivity index (χ2n) is 6.19. The van der Waals surface area contributed by atoms with Crippen LogP contribution in [0.3, 0.4) is 0 Å². The van der Waals surface area contributed by atoms with Gasteiger partial charge in [-0.2, -0.15) is 0 Å². The van der Waals surface area contributed by atoms with E-state index in [0.29, 0.717) is 17.2 Å². The number of aryl methyl sites for hydroxylation is 1. The molecule has 0 bridgehead atoms. The molecule has 2 heterocycles. The summed E-state index contributed by atoms with van der Waals surface area (Å²) in [5.74, 6) is 0.730. The summed E-state index contributed by atoms with van der Waals surface area (Å²) in [5, 5.41) is 5.31. The first-order valence-electron chi connectivity index (χ1n) is 8.45. The van der Waals surface area contributed by atoms with E-state index in [9.17, 15) is 4.79 Å². The van der Waals surface area contributed by atoms with Crippen molar-refractivity contribution < 1.29 is 4.79 Å². The highest BCUT2D eigenvalue weighted by molar-refractivity contribution is 5.95. The summed E-state index contributed by atoms with van der Waals surface area (Å²) in [6.45, 7) is 1.95. The molecule has 0 saturated heterocycles. The van der Waals surface area contributed by atoms with Gasteiger partial charge in [-0.1, -0.05) is 30.3 Å². The number of benzene rings is 2. The van der Waals surface area contributed by atoms with E-state index >= 15 is 0 Å². The van der Waals surface area contributed by atoms with Gasteiger partial charge in [0.05, 0.1) is 0 Å². The summed E-state index contributed by atoms with van der Waals surface area (Å²) < 4.78 is 0. The van der Waals surface area contributed by atoms with Gasteiger partial charge in [-0.05, 0) is 36.1 Å². The topological polar surface area (TPSA) is 93.8 Å². The molecule has 0 fully saturated rings. The highest BCUT2D eigenvalue weighted by Gasteiger charge is 2.10. The highest BCUT2D eigenvalue weighted by Crippen LogP contribution is 2.27. The van der Waals surface area contributed by atoms with E-state index in [1.54, 1.807) is 30.6 Å². The lowest BCUT2D eigenvalue weighted by molar-refractivity contribution is 0.100. The quantitative estimate of drug-likeness (QED) is 0.580. The first kappa shape index (κ1) is 16.7. The minimum atomic E-state index is -0.469. The fourth-order valence-electron chi connectivity index (χ4n) is 2.90. The molecule has 4 rings (SSSR count). The zero-order valence-electron chi connectivity index (χ0n) is 14.7. The summed E-state index contributed by atoms with van der Waals surface area (Å²) in [6, 6.07) is 15.0. The van der Waals surface area contributed by atoms with Crippen molar-refractivity contribution in [1.82, 2.24) is 15.0 Å². The molecule has 0 aliphatic carbocycles. The molecular formula is C21H17N5O. The maximum atomic E-state index is 11.4. The smallest absolute Gasteiger partial charge is 0.248 e. The number of carbonyl (C=O) groups excluding carboxylic acids is 1. The highest BCUT2D eigenvalue weighted by atomic mass is 16.1. The third-order valence-electron chi connectivity index (χ3n) is 4.35. The van der Waals surface area contributed by atoms with E-state index < -0.39 is 5.91 Å². The third-order valence-corrected chi connectivity index (χ3v) is 4.35. The van der Waals surface area contributed by atoms with Gasteiger partial charge in [-0.25, -0.2) is 9.97 Å². The average Bonchev–Trinajstić information content (AvgIpc) is 2.69. The summed E-state index contributed by atoms with van der Waals surface area (Å²) >= 11 is 0. The number of pyridine rings is 1. The van der Waals surface area contributed by atoms with Gasteiger partial charge in [0.25, 0.3) is 0 Å². The first-order valence-corrected chi connectivity index (χ1v) is 8.45. The van der Waals surface area contributed by atoms with Gasteiger partial charge >= 0.3 is 0 Å². The standard InChI is InChI=1S/C21H17N5O/c1-13-6-7-14(20(22)27)10-18(13)25-19-8-9-24-21(26-19)17-12-23-11-15-4-2-3-5-16(15)17/h2-12H,1H3,(H2,22,27)(H,24,25,26). The molecule has 0 atom stereocenters. The number of fused-ring (bicyclic) bond motifs is 1. The van der Waals surface area contributed by atoms with E-state index in [4.69, 9.17) is 5.73 Å². The second-order valence-corrected chi connectivity index (χ2v) is 6.19. The Bertz CT molecular complexity index is 1150. The Morgan fingerprint density at radius 1 is 1.07 bits per heavy atom. The molecule has 3 N–H and O–H groups in total. The predicted molar refractivity (Wildman–Crippen MR) is 106 cm³/mol. The number of nitrogens with zero attached hydrogens (tertiary/aromatic N) is 3. The Hall–Kier alpha value is -3.80. The Labute approximate surface area is 156 Å². The minimum Gasteiger partial charge on any atom is -0.366 e. The predicted octanol–water partition coefficient (Wildman–Crippen LogP) is 3.84. The lowest BCUT2D eigenvalue weighted by Gasteiger charge is -2.11. The van der Waals surface area contributed by atoms with Crippen LogP contribution in [0.4, 0.5) is 11.5 Å². The van der Waals surface area contributed by atoms with Crippen LogP contribution in [0.25, 0.3) is 22.2 Å². The minimum absolute atomic E-state index is 0.440. The van der Waals surface area contributed by atoms with Crippen LogP contribution in [-0.4, -0.2) is 20.9 Å². The van der Waals surface area contributed by atoms with Gasteiger partial charge in [0.2, 0.25) is 5.91 Å². The summed E-state index contributed by atoms with van der Waals surface area (Å²) in [5.41, 5.74) is 8.43. The van der Waals surface area contributed by atoms with Gasteiger partial charge in [-0.15, -0.1) is 0 Å². The van der Waals surface area contributed by atoms with Crippen LogP contribution in [0, 0.1) is 6.92 Å². The van der Waals surface area contributed by atoms with Crippen molar-refractivity contribution in [2.75, 3.05) is 5.32 Å². The van der Waals surface area contributed by atoms with Crippen molar-refractivity contribution in [2.24, 2.45) is 5.73 Å². The number of nitrogens with one attached hydrogen (secondary N) is 1. The molecule has 0 spiro atoms. The molecule has 0 unspecified atom stereocenters. The SMILES string of the molecule is Cc1ccc(C(N)=O)cc1Nc1ccnc(-c2cncc3ccccc23)n1. The van der Waals surface area contributed by atoms with E-state index in [-0.39, 0.29) is 0 Å². The lowest BCUT2D eigenvalue weighted by Crippen LogP contribution is -2.11. The Balaban J connectivity index is 1.73. The largest absolute Gasteiger partial charge is 0.366 e. The number of primary amides is 1. The molecule has 27 heavy (non-hydrogen) atoms. The van der Waals surface area contributed by atoms with Gasteiger partial charge in [-0.3, -0.25) is 9.78 Å². The lowest BCUT2D eigenvalue weighted by atomic mass is 10.1. The molecule has 4 aromatic rings. The molecule has 0 aliphatic heterocycles. The number of rotatable bonds is 4. The van der Waals surface area contributed by atoms with E-state index in [2.05, 4.69) is 20.3 Å². The van der Waals surface area contributed by atoms with Crippen LogP contribution in [-0.2, 0) is 0 Å². The van der Waals surface area contributed by atoms with Crippen LogP contribution in [0.15, 0.2) is 67.1 Å². The van der Waals surface area contributed by atoms with Crippen LogP contribution in [0.2, 0.25) is 0 Å². The van der Waals surface area contributed by atoms with Crippen molar-refractivity contribution >= 4 is 28.2 Å². The van der Waals surface area contributed by atoms with Crippen molar-refractivity contribution in [3.05, 3.63) is 78.2 Å². The maximum Gasteiger partial charge on any atom is 0.248 e. The summed E-state index contributed by atoms with van der Waals surface area (Å²) in [7, 11) is 0. The van der Waals surface area contributed by atoms with Crippen molar-refractivity contribution in [3.63, 3.8) is 0 Å². The number of carbonyl (C=O) groups is 1. The second kappa shape index (κ2) is 6.84. The zero-order valence-corrected chi connectivity index (χ0v) is 14.7. The summed E-state index contributed by atoms with van der Waals surface area (Å²) in [6.07, 6.45) is 5.28. The van der Waals surface area contributed by atoms with Crippen LogP contribution in [0.1, 0.15) is 15.9 Å². The Kier molecular flexibility index (Phi) is 4.22. The normalized spacial score (nSPS) is 10.7. The average molecular weight is 355 g/mol. The fourth-order valence-corrected chi connectivity index (χ4v) is 2.90. The number of nitrogens with two attached hydrogens (primary N) is 1. The monoisotopic (exact) mass is 355 g/mol. The molecule has 0 saturated carbocycles. The van der Waals surface area contributed by atoms with Gasteiger partial charge in [0.15, 0.2) is 5.82 Å². The van der Waals surface area contributed by atoms with Gasteiger partial charge in [0, 0.05) is 40.8 Å². The maximum absolute atomic E-state index is 11.4. The fraction of sp³-hybridized carbons (Fsp3) is 0.0476. The van der Waals surface area contributed by atoms with Gasteiger partial charge < -0.3 is 11.1 Å². The number of aromatic nitrogens is 3. The Morgan fingerprint density at radius 2 is 1.93 bits per heavy atom. The van der Waals surface area contributed by atoms with Crippen LogP contribution >= 0.6 is 0 Å². The van der Waals surface area contributed by atoms with Crippen LogP contribution in [0.5, 0.6) is 0 Å². The number of hydrogen-bond donors (Lipinski definition) is 2. The molecule has 0 radical (unpaired) electrons. The van der Waals surface area contributed by atoms with E-state index in [0.717, 1.165) is 27.6 Å². The molecule has 2 aromatic heterocycles. The van der Waals surface area contributed by atoms with Crippen molar-refractivity contribution in [1.29, 1.82) is 0 Å². The molecule has 6 nitrogen and oxygen atoms in total. The Morgan fingerprint density at radius 3 is 2.78 bits per heavy atom. The zero-order chi connectivity index (χ0) is 18.8. The van der Waals surface area contributed by atoms with E-state index in [1.165, 1.54) is 0 Å². The number of hydrogen-bond acceptors (Lipinski definition) is 5. The van der Waals surface area contributed by atoms with Crippen molar-refractivity contribution in [3.8, 4) is 11.4 Å². The van der Waals surface area contributed by atoms with Crippen LogP contribution < -0.4 is 11.1 Å². The number of anilines is 2.